The van der Waals surface area contributed by atoms with E-state index in [1.54, 1.807) is 6.26 Å². The Morgan fingerprint density at radius 2 is 2.31 bits per heavy atom. The molecule has 0 amide bonds. The molecule has 0 spiro atoms. The summed E-state index contributed by atoms with van der Waals surface area (Å²) in [6.45, 7) is 4.67. The molecule has 0 radical (unpaired) electrons. The van der Waals surface area contributed by atoms with Crippen LogP contribution in [-0.4, -0.2) is 30.1 Å². The Kier molecular flexibility index (Phi) is 2.74. The molecule has 3 rings (SSSR count). The average molecular weight is 220 g/mol. The summed E-state index contributed by atoms with van der Waals surface area (Å²) in [4.78, 5) is 2.63. The molecule has 1 aliphatic carbocycles. The lowest BCUT2D eigenvalue weighted by molar-refractivity contribution is 0.309. The van der Waals surface area contributed by atoms with Crippen molar-refractivity contribution in [3.05, 3.63) is 24.2 Å². The number of likely N-dealkylation sites (tertiary alicyclic amines) is 1. The van der Waals surface area contributed by atoms with Crippen molar-refractivity contribution in [2.45, 2.75) is 44.3 Å². The average Bonchev–Trinajstić information content (AvgIpc) is 2.82. The van der Waals surface area contributed by atoms with Crippen molar-refractivity contribution in [3.8, 4) is 0 Å². The van der Waals surface area contributed by atoms with E-state index in [1.807, 2.05) is 12.1 Å². The predicted octanol–water partition coefficient (Wildman–Crippen LogP) is 2.17. The number of nitrogens with one attached hydrogen (secondary N) is 1. The maximum atomic E-state index is 5.42. The van der Waals surface area contributed by atoms with Gasteiger partial charge in [-0.25, -0.2) is 0 Å². The van der Waals surface area contributed by atoms with Crippen LogP contribution in [0.5, 0.6) is 0 Å². The molecule has 0 bridgehead atoms. The lowest BCUT2D eigenvalue weighted by Crippen LogP contribution is -2.34. The first-order chi connectivity index (χ1) is 7.83. The van der Waals surface area contributed by atoms with E-state index < -0.39 is 0 Å². The van der Waals surface area contributed by atoms with Gasteiger partial charge in [-0.1, -0.05) is 0 Å². The summed E-state index contributed by atoms with van der Waals surface area (Å²) in [7, 11) is 0. The van der Waals surface area contributed by atoms with Crippen LogP contribution in [0.3, 0.4) is 0 Å². The van der Waals surface area contributed by atoms with Gasteiger partial charge in [0.1, 0.15) is 5.76 Å². The molecule has 1 aromatic rings. The predicted molar refractivity (Wildman–Crippen MR) is 63.3 cm³/mol. The third kappa shape index (κ3) is 2.15. The number of nitrogens with zero attached hydrogens (tertiary/aromatic N) is 1. The van der Waals surface area contributed by atoms with Crippen LogP contribution in [0.25, 0.3) is 0 Å². The van der Waals surface area contributed by atoms with Gasteiger partial charge in [0.2, 0.25) is 0 Å². The molecule has 1 N–H and O–H groups in total. The fraction of sp³-hybridized carbons (Fsp3) is 0.692. The van der Waals surface area contributed by atoms with Crippen LogP contribution in [0.4, 0.5) is 0 Å². The number of furan rings is 1. The molecule has 1 saturated carbocycles. The molecule has 88 valence electrons. The maximum Gasteiger partial charge on any atom is 0.120 e. The number of rotatable bonds is 4. The van der Waals surface area contributed by atoms with E-state index in [-0.39, 0.29) is 0 Å². The highest BCUT2D eigenvalue weighted by atomic mass is 16.3. The largest absolute Gasteiger partial charge is 0.468 e. The standard InChI is InChI=1S/C13H20N2O/c1-10(13-3-2-8-16-13)14-11-6-7-15(9-11)12-4-5-12/h2-3,8,10-12,14H,4-7,9H2,1H3/t10-,11?/m1/s1. The first kappa shape index (κ1) is 10.4. The molecule has 0 aromatic carbocycles. The minimum Gasteiger partial charge on any atom is -0.468 e. The van der Waals surface area contributed by atoms with Crippen LogP contribution in [0.15, 0.2) is 22.8 Å². The third-order valence-corrected chi connectivity index (χ3v) is 3.74. The second-order valence-electron chi connectivity index (χ2n) is 5.12. The van der Waals surface area contributed by atoms with E-state index in [0.717, 1.165) is 11.8 Å². The summed E-state index contributed by atoms with van der Waals surface area (Å²) in [5, 5.41) is 3.66. The normalized spacial score (nSPS) is 28.4. The summed E-state index contributed by atoms with van der Waals surface area (Å²) < 4.78 is 5.42. The Morgan fingerprint density at radius 3 is 3.00 bits per heavy atom. The highest BCUT2D eigenvalue weighted by molar-refractivity contribution is 5.04. The van der Waals surface area contributed by atoms with Crippen LogP contribution in [0.1, 0.15) is 38.0 Å². The lowest BCUT2D eigenvalue weighted by Gasteiger charge is -2.19. The van der Waals surface area contributed by atoms with E-state index in [0.29, 0.717) is 12.1 Å². The summed E-state index contributed by atoms with van der Waals surface area (Å²) in [6, 6.07) is 5.88. The van der Waals surface area contributed by atoms with Crippen LogP contribution in [0.2, 0.25) is 0 Å². The second-order valence-corrected chi connectivity index (χ2v) is 5.12. The molecule has 2 atom stereocenters. The van der Waals surface area contributed by atoms with Gasteiger partial charge < -0.3 is 9.73 Å². The van der Waals surface area contributed by atoms with Gasteiger partial charge in [-0.2, -0.15) is 0 Å². The summed E-state index contributed by atoms with van der Waals surface area (Å²) >= 11 is 0. The van der Waals surface area contributed by atoms with Crippen molar-refractivity contribution >= 4 is 0 Å². The summed E-state index contributed by atoms with van der Waals surface area (Å²) in [5.41, 5.74) is 0. The van der Waals surface area contributed by atoms with Gasteiger partial charge >= 0.3 is 0 Å². The van der Waals surface area contributed by atoms with Gasteiger partial charge in [0.25, 0.3) is 0 Å². The summed E-state index contributed by atoms with van der Waals surface area (Å²) in [5.74, 6) is 1.05. The zero-order chi connectivity index (χ0) is 11.0. The minimum atomic E-state index is 0.333. The van der Waals surface area contributed by atoms with Gasteiger partial charge in [0.15, 0.2) is 0 Å². The topological polar surface area (TPSA) is 28.4 Å². The van der Waals surface area contributed by atoms with Gasteiger partial charge in [-0.3, -0.25) is 4.90 Å². The molecule has 1 saturated heterocycles. The summed E-state index contributed by atoms with van der Waals surface area (Å²) in [6.07, 6.45) is 5.86. The van der Waals surface area contributed by atoms with E-state index in [4.69, 9.17) is 4.42 Å². The Labute approximate surface area is 96.8 Å². The lowest BCUT2D eigenvalue weighted by atomic mass is 10.2. The molecule has 3 heteroatoms. The molecule has 2 heterocycles. The van der Waals surface area contributed by atoms with Gasteiger partial charge in [-0.05, 0) is 38.3 Å². The smallest absolute Gasteiger partial charge is 0.120 e. The van der Waals surface area contributed by atoms with Crippen LogP contribution >= 0.6 is 0 Å². The molecule has 1 unspecified atom stereocenters. The number of hydrogen-bond acceptors (Lipinski definition) is 3. The molecule has 2 aliphatic rings. The van der Waals surface area contributed by atoms with Crippen molar-refractivity contribution in [3.63, 3.8) is 0 Å². The molecule has 1 aliphatic heterocycles. The second kappa shape index (κ2) is 4.22. The molecule has 1 aromatic heterocycles. The Bertz CT molecular complexity index is 332. The first-order valence-corrected chi connectivity index (χ1v) is 6.36. The first-order valence-electron chi connectivity index (χ1n) is 6.36. The molecular weight excluding hydrogens is 200 g/mol. The Balaban J connectivity index is 1.51. The van der Waals surface area contributed by atoms with Gasteiger partial charge in [0, 0.05) is 25.2 Å². The number of hydrogen-bond donors (Lipinski definition) is 1. The van der Waals surface area contributed by atoms with Crippen molar-refractivity contribution in [2.75, 3.05) is 13.1 Å². The SMILES string of the molecule is C[C@@H](NC1CCN(C2CC2)C1)c1ccco1. The van der Waals surface area contributed by atoms with Crippen LogP contribution < -0.4 is 5.32 Å². The van der Waals surface area contributed by atoms with Crippen molar-refractivity contribution in [1.82, 2.24) is 10.2 Å². The third-order valence-electron chi connectivity index (χ3n) is 3.74. The zero-order valence-corrected chi connectivity index (χ0v) is 9.86. The fourth-order valence-corrected chi connectivity index (χ4v) is 2.67. The molecule has 16 heavy (non-hydrogen) atoms. The van der Waals surface area contributed by atoms with Crippen molar-refractivity contribution in [2.24, 2.45) is 0 Å². The van der Waals surface area contributed by atoms with Crippen molar-refractivity contribution < 1.29 is 4.42 Å². The fourth-order valence-electron chi connectivity index (χ4n) is 2.67. The van der Waals surface area contributed by atoms with E-state index >= 15 is 0 Å². The van der Waals surface area contributed by atoms with E-state index in [9.17, 15) is 0 Å². The monoisotopic (exact) mass is 220 g/mol. The van der Waals surface area contributed by atoms with Crippen LogP contribution in [-0.2, 0) is 0 Å². The van der Waals surface area contributed by atoms with Gasteiger partial charge in [0.05, 0.1) is 12.3 Å². The highest BCUT2D eigenvalue weighted by Crippen LogP contribution is 2.30. The van der Waals surface area contributed by atoms with E-state index in [2.05, 4.69) is 17.1 Å². The Hall–Kier alpha value is -0.800. The molecule has 2 fully saturated rings. The van der Waals surface area contributed by atoms with Crippen molar-refractivity contribution in [1.29, 1.82) is 0 Å². The van der Waals surface area contributed by atoms with Gasteiger partial charge in [-0.15, -0.1) is 0 Å². The Morgan fingerprint density at radius 1 is 1.44 bits per heavy atom. The van der Waals surface area contributed by atoms with Crippen LogP contribution in [0, 0.1) is 0 Å². The minimum absolute atomic E-state index is 0.333. The maximum absolute atomic E-state index is 5.42. The molecular formula is C13H20N2O. The van der Waals surface area contributed by atoms with E-state index in [1.165, 1.54) is 32.4 Å². The zero-order valence-electron chi connectivity index (χ0n) is 9.86. The highest BCUT2D eigenvalue weighted by Gasteiger charge is 2.34. The molecule has 3 nitrogen and oxygen atoms in total. The quantitative estimate of drug-likeness (QED) is 0.843.